The molecule has 0 aliphatic heterocycles. The van der Waals surface area contributed by atoms with Gasteiger partial charge in [-0.25, -0.2) is 9.78 Å². The van der Waals surface area contributed by atoms with Crippen molar-refractivity contribution in [1.29, 1.82) is 0 Å². The van der Waals surface area contributed by atoms with Crippen LogP contribution in [0.25, 0.3) is 0 Å². The predicted octanol–water partition coefficient (Wildman–Crippen LogP) is 5.67. The maximum Gasteiger partial charge on any atom is 0.387 e. The number of carbonyl (C=O) groups excluding carboxylic acids is 1. The highest BCUT2D eigenvalue weighted by Gasteiger charge is 2.26. The first-order chi connectivity index (χ1) is 15.9. The van der Waals surface area contributed by atoms with Crippen LogP contribution in [-0.4, -0.2) is 24.2 Å². The van der Waals surface area contributed by atoms with Gasteiger partial charge in [-0.2, -0.15) is 8.78 Å². The van der Waals surface area contributed by atoms with Crippen LogP contribution in [0.5, 0.6) is 11.5 Å². The predicted molar refractivity (Wildman–Crippen MR) is 117 cm³/mol. The molecule has 0 amide bonds. The summed E-state index contributed by atoms with van der Waals surface area (Å²) < 4.78 is 41.9. The van der Waals surface area contributed by atoms with Crippen LogP contribution in [0, 0.1) is 5.92 Å². The Balaban J connectivity index is 1.66. The minimum absolute atomic E-state index is 0.0887. The number of pyridine rings is 1. The molecular formula is C23H21Cl2F2N2O4+. The van der Waals surface area contributed by atoms with E-state index < -0.39 is 18.7 Å². The van der Waals surface area contributed by atoms with E-state index in [-0.39, 0.29) is 23.6 Å². The molecule has 174 valence electrons. The van der Waals surface area contributed by atoms with Crippen LogP contribution < -0.4 is 14.5 Å². The number of aromatic amines is 2. The van der Waals surface area contributed by atoms with Gasteiger partial charge in [0.15, 0.2) is 23.9 Å². The Morgan fingerprint density at radius 2 is 1.91 bits per heavy atom. The highest BCUT2D eigenvalue weighted by Crippen LogP contribution is 2.37. The van der Waals surface area contributed by atoms with Crippen LogP contribution in [0.15, 0.2) is 48.9 Å². The minimum Gasteiger partial charge on any atom is -0.489 e. The molecule has 1 atom stereocenters. The van der Waals surface area contributed by atoms with Crippen molar-refractivity contribution in [3.05, 3.63) is 75.8 Å². The molecule has 2 aromatic heterocycles. The Hall–Kier alpha value is -2.84. The molecule has 33 heavy (non-hydrogen) atoms. The Kier molecular flexibility index (Phi) is 7.35. The summed E-state index contributed by atoms with van der Waals surface area (Å²) in [5.41, 5.74) is 1.35. The molecule has 4 rings (SSSR count). The number of esters is 1. The monoisotopic (exact) mass is 497 g/mol. The summed E-state index contributed by atoms with van der Waals surface area (Å²) in [5.74, 6) is -0.130. The van der Waals surface area contributed by atoms with E-state index in [1.165, 1.54) is 6.07 Å². The maximum atomic E-state index is 12.9. The molecule has 1 aliphatic carbocycles. The van der Waals surface area contributed by atoms with Gasteiger partial charge in [0.1, 0.15) is 21.8 Å². The van der Waals surface area contributed by atoms with Crippen LogP contribution in [0.1, 0.15) is 40.6 Å². The fraction of sp³-hybridized carbons (Fsp3) is 0.304. The van der Waals surface area contributed by atoms with E-state index in [1.807, 2.05) is 0 Å². The molecule has 0 radical (unpaired) electrons. The molecule has 10 heteroatoms. The van der Waals surface area contributed by atoms with E-state index in [0.29, 0.717) is 33.7 Å². The molecule has 1 aromatic carbocycles. The lowest BCUT2D eigenvalue weighted by Crippen LogP contribution is -2.16. The van der Waals surface area contributed by atoms with Gasteiger partial charge in [-0.1, -0.05) is 29.3 Å². The largest absolute Gasteiger partial charge is 0.489 e. The van der Waals surface area contributed by atoms with Gasteiger partial charge < -0.3 is 19.2 Å². The van der Waals surface area contributed by atoms with Crippen molar-refractivity contribution >= 4 is 29.2 Å². The van der Waals surface area contributed by atoms with E-state index in [4.69, 9.17) is 32.7 Å². The van der Waals surface area contributed by atoms with Crippen LogP contribution in [0.4, 0.5) is 8.78 Å². The van der Waals surface area contributed by atoms with Gasteiger partial charge in [0.2, 0.25) is 0 Å². The summed E-state index contributed by atoms with van der Waals surface area (Å²) >= 11 is 12.6. The van der Waals surface area contributed by atoms with Gasteiger partial charge in [0.25, 0.3) is 0 Å². The van der Waals surface area contributed by atoms with Gasteiger partial charge in [0.05, 0.1) is 6.61 Å². The number of carbonyl (C=O) groups is 1. The average molecular weight is 498 g/mol. The zero-order valence-electron chi connectivity index (χ0n) is 17.3. The summed E-state index contributed by atoms with van der Waals surface area (Å²) in [5, 5.41) is 0.734. The zero-order valence-corrected chi connectivity index (χ0v) is 18.8. The molecule has 2 N–H and O–H groups in total. The quantitative estimate of drug-likeness (QED) is 0.366. The molecule has 0 bridgehead atoms. The summed E-state index contributed by atoms with van der Waals surface area (Å²) in [6.07, 6.45) is 6.11. The lowest BCUT2D eigenvalue weighted by molar-refractivity contribution is -0.377. The molecule has 0 saturated heterocycles. The molecule has 0 unspecified atom stereocenters. The van der Waals surface area contributed by atoms with Crippen molar-refractivity contribution < 1.29 is 32.8 Å². The van der Waals surface area contributed by atoms with Crippen molar-refractivity contribution in [3.63, 3.8) is 0 Å². The smallest absolute Gasteiger partial charge is 0.387 e. The number of rotatable bonds is 10. The number of hydrogen-bond acceptors (Lipinski definition) is 4. The number of aromatic nitrogens is 2. The molecule has 1 fully saturated rings. The molecular weight excluding hydrogens is 477 g/mol. The van der Waals surface area contributed by atoms with Gasteiger partial charge >= 0.3 is 12.6 Å². The maximum absolute atomic E-state index is 12.9. The topological polar surface area (TPSA) is 74.7 Å². The van der Waals surface area contributed by atoms with E-state index in [2.05, 4.69) is 14.7 Å². The molecule has 0 spiro atoms. The summed E-state index contributed by atoms with van der Waals surface area (Å²) in [6, 6.07) is 7.73. The number of hydrogen-bond donors (Lipinski definition) is 1. The Bertz CT molecular complexity index is 1090. The first-order valence-corrected chi connectivity index (χ1v) is 11.1. The van der Waals surface area contributed by atoms with Gasteiger partial charge in [-0.05, 0) is 48.6 Å². The molecule has 6 nitrogen and oxygen atoms in total. The van der Waals surface area contributed by atoms with Crippen molar-refractivity contribution in [2.24, 2.45) is 5.92 Å². The second kappa shape index (κ2) is 10.4. The lowest BCUT2D eigenvalue weighted by Gasteiger charge is -2.21. The van der Waals surface area contributed by atoms with Crippen LogP contribution in [0.2, 0.25) is 10.0 Å². The summed E-state index contributed by atoms with van der Waals surface area (Å²) in [6.45, 7) is -2.61. The molecule has 2 heterocycles. The molecule has 1 saturated carbocycles. The van der Waals surface area contributed by atoms with Crippen LogP contribution in [-0.2, 0) is 11.2 Å². The van der Waals surface area contributed by atoms with Crippen molar-refractivity contribution in [2.75, 3.05) is 6.61 Å². The van der Waals surface area contributed by atoms with E-state index in [1.54, 1.807) is 42.9 Å². The van der Waals surface area contributed by atoms with Crippen LogP contribution >= 0.6 is 23.2 Å². The molecule has 3 aromatic rings. The van der Waals surface area contributed by atoms with Gasteiger partial charge in [0, 0.05) is 18.2 Å². The Morgan fingerprint density at radius 1 is 1.15 bits per heavy atom. The first-order valence-electron chi connectivity index (χ1n) is 10.3. The lowest BCUT2D eigenvalue weighted by atomic mass is 10.0. The van der Waals surface area contributed by atoms with E-state index >= 15 is 0 Å². The Labute approximate surface area is 198 Å². The second-order valence-electron chi connectivity index (χ2n) is 7.65. The summed E-state index contributed by atoms with van der Waals surface area (Å²) in [7, 11) is 0. The Morgan fingerprint density at radius 3 is 2.55 bits per heavy atom. The van der Waals surface area contributed by atoms with Gasteiger partial charge in [-0.3, -0.25) is 0 Å². The fourth-order valence-corrected chi connectivity index (χ4v) is 3.79. The van der Waals surface area contributed by atoms with Crippen LogP contribution in [0.3, 0.4) is 0 Å². The van der Waals surface area contributed by atoms with Crippen molar-refractivity contribution in [2.45, 2.75) is 32.0 Å². The standard InChI is InChI=1S/C23H20Cl2F2N2O4/c24-16-10-28-11-17(25)15(16)9-20(32-22(30)18-2-1-7-29-18)14-5-6-19(33-23(26)27)21(8-14)31-12-13-3-4-13/h1-2,5-8,10-11,13,20,23,29H,3-4,9,12H2/p+1/t20-/m0/s1. The molecule has 1 aliphatic rings. The minimum atomic E-state index is -3.00. The highest BCUT2D eigenvalue weighted by molar-refractivity contribution is 6.35. The third-order valence-electron chi connectivity index (χ3n) is 5.18. The first kappa shape index (κ1) is 23.3. The number of H-pyrrole nitrogens is 2. The third-order valence-corrected chi connectivity index (χ3v) is 5.85. The second-order valence-corrected chi connectivity index (χ2v) is 8.47. The zero-order chi connectivity index (χ0) is 23.4. The normalized spacial score (nSPS) is 14.2. The van der Waals surface area contributed by atoms with Gasteiger partial charge in [-0.15, -0.1) is 0 Å². The van der Waals surface area contributed by atoms with E-state index in [0.717, 1.165) is 12.8 Å². The number of benzene rings is 1. The number of ether oxygens (including phenoxy) is 3. The van der Waals surface area contributed by atoms with Crippen molar-refractivity contribution in [1.82, 2.24) is 4.98 Å². The number of alkyl halides is 2. The number of nitrogens with one attached hydrogen (secondary N) is 2. The highest BCUT2D eigenvalue weighted by atomic mass is 35.5. The third kappa shape index (κ3) is 6.15. The van der Waals surface area contributed by atoms with E-state index in [9.17, 15) is 13.6 Å². The SMILES string of the molecule is O=C(O[C@@H](Cc1c(Cl)c[nH+]cc1Cl)c1ccc(OC(F)F)c(OCC2CC2)c1)c1ccc[nH]1. The summed E-state index contributed by atoms with van der Waals surface area (Å²) in [4.78, 5) is 18.3. The average Bonchev–Trinajstić information content (AvgIpc) is 3.44. The number of halogens is 4. The van der Waals surface area contributed by atoms with Crippen molar-refractivity contribution in [3.8, 4) is 11.5 Å². The fourth-order valence-electron chi connectivity index (χ4n) is 3.26.